The smallest absolute Gasteiger partial charge is 0.0198 e. The van der Waals surface area contributed by atoms with Gasteiger partial charge in [0.15, 0.2) is 0 Å². The molecule has 1 N–H and O–H groups in total. The van der Waals surface area contributed by atoms with E-state index in [0.717, 1.165) is 29.3 Å². The maximum atomic E-state index is 4.01. The maximum absolute atomic E-state index is 4.01. The average Bonchev–Trinajstić information content (AvgIpc) is 2.96. The summed E-state index contributed by atoms with van der Waals surface area (Å²) in [5.41, 5.74) is 0. The second kappa shape index (κ2) is 7.70. The number of hydrogen-bond acceptors (Lipinski definition) is 3. The largest absolute Gasteiger partial charge is 0.310 e. The molecule has 0 amide bonds. The van der Waals surface area contributed by atoms with Crippen molar-refractivity contribution in [2.45, 2.75) is 88.1 Å². The summed E-state index contributed by atoms with van der Waals surface area (Å²) in [5.74, 6) is 0.930. The molecule has 3 fully saturated rings. The fourth-order valence-corrected chi connectivity index (χ4v) is 5.88. The minimum absolute atomic E-state index is 0.790. The molecule has 0 unspecified atom stereocenters. The first-order chi connectivity index (χ1) is 10.3. The lowest BCUT2D eigenvalue weighted by Gasteiger charge is -2.43. The Kier molecular flexibility index (Phi) is 5.92. The van der Waals surface area contributed by atoms with Gasteiger partial charge in [-0.05, 0) is 63.8 Å². The van der Waals surface area contributed by atoms with E-state index in [1.165, 1.54) is 70.9 Å². The van der Waals surface area contributed by atoms with E-state index in [1.807, 2.05) is 0 Å². The van der Waals surface area contributed by atoms with Crippen LogP contribution in [-0.2, 0) is 0 Å². The molecule has 3 heteroatoms. The van der Waals surface area contributed by atoms with Crippen LogP contribution in [0.5, 0.6) is 0 Å². The van der Waals surface area contributed by atoms with Crippen LogP contribution in [0.4, 0.5) is 0 Å². The molecule has 0 radical (unpaired) electrons. The van der Waals surface area contributed by atoms with Crippen molar-refractivity contribution in [3.8, 4) is 0 Å². The van der Waals surface area contributed by atoms with Gasteiger partial charge in [0.2, 0.25) is 0 Å². The second-order valence-corrected chi connectivity index (χ2v) is 8.69. The Bertz CT molecular complexity index is 314. The monoisotopic (exact) mass is 310 g/mol. The van der Waals surface area contributed by atoms with Gasteiger partial charge in [0.1, 0.15) is 0 Å². The molecule has 1 heterocycles. The number of thioether (sulfide) groups is 1. The number of likely N-dealkylation sites (tertiary alicyclic amines) is 1. The van der Waals surface area contributed by atoms with E-state index < -0.39 is 0 Å². The lowest BCUT2D eigenvalue weighted by Crippen LogP contribution is -2.51. The Labute approximate surface area is 135 Å². The number of rotatable bonds is 4. The Morgan fingerprint density at radius 2 is 1.67 bits per heavy atom. The number of nitrogens with zero attached hydrogens (tertiary/aromatic N) is 1. The SMILES string of the molecule is CS[C@@H]1CCC[C@@H]1NC1CCN([C@@H]2CCCC[C@@H]2C)CC1. The molecule has 122 valence electrons. The summed E-state index contributed by atoms with van der Waals surface area (Å²) >= 11 is 2.08. The summed E-state index contributed by atoms with van der Waals surface area (Å²) in [5, 5.41) is 4.88. The van der Waals surface area contributed by atoms with Gasteiger partial charge < -0.3 is 10.2 Å². The van der Waals surface area contributed by atoms with Crippen LogP contribution in [0.2, 0.25) is 0 Å². The molecule has 2 aliphatic carbocycles. The van der Waals surface area contributed by atoms with Gasteiger partial charge in [-0.3, -0.25) is 0 Å². The highest BCUT2D eigenvalue weighted by Crippen LogP contribution is 2.32. The van der Waals surface area contributed by atoms with Crippen LogP contribution in [0.25, 0.3) is 0 Å². The third kappa shape index (κ3) is 3.97. The summed E-state index contributed by atoms with van der Waals surface area (Å²) < 4.78 is 0. The number of nitrogens with one attached hydrogen (secondary N) is 1. The van der Waals surface area contributed by atoms with Crippen molar-refractivity contribution in [1.82, 2.24) is 10.2 Å². The minimum Gasteiger partial charge on any atom is -0.310 e. The molecule has 0 aromatic rings. The standard InChI is InChI=1S/C18H34N2S/c1-14-6-3-4-8-17(14)20-12-10-15(11-13-20)19-16-7-5-9-18(16)21-2/h14-19H,3-13H2,1-2H3/t14-,16-,17+,18+/m0/s1. The van der Waals surface area contributed by atoms with Crippen LogP contribution < -0.4 is 5.32 Å². The Morgan fingerprint density at radius 3 is 2.38 bits per heavy atom. The van der Waals surface area contributed by atoms with Crippen LogP contribution in [0.1, 0.15) is 64.7 Å². The van der Waals surface area contributed by atoms with Crippen molar-refractivity contribution >= 4 is 11.8 Å². The summed E-state index contributed by atoms with van der Waals surface area (Å²) in [7, 11) is 0. The predicted molar refractivity (Wildman–Crippen MR) is 94.1 cm³/mol. The molecule has 21 heavy (non-hydrogen) atoms. The van der Waals surface area contributed by atoms with Gasteiger partial charge in [-0.2, -0.15) is 11.8 Å². The summed E-state index contributed by atoms with van der Waals surface area (Å²) in [6.07, 6.45) is 15.2. The van der Waals surface area contributed by atoms with Crippen molar-refractivity contribution in [2.75, 3.05) is 19.3 Å². The van der Waals surface area contributed by atoms with Gasteiger partial charge in [-0.25, -0.2) is 0 Å². The van der Waals surface area contributed by atoms with E-state index in [0.29, 0.717) is 0 Å². The normalized spacial score (nSPS) is 39.7. The fraction of sp³-hybridized carbons (Fsp3) is 1.00. The van der Waals surface area contributed by atoms with Crippen molar-refractivity contribution in [1.29, 1.82) is 0 Å². The van der Waals surface area contributed by atoms with Gasteiger partial charge in [0.05, 0.1) is 0 Å². The maximum Gasteiger partial charge on any atom is 0.0198 e. The van der Waals surface area contributed by atoms with Crippen molar-refractivity contribution in [2.24, 2.45) is 5.92 Å². The molecule has 0 aromatic carbocycles. The van der Waals surface area contributed by atoms with Crippen LogP contribution >= 0.6 is 11.8 Å². The molecule has 0 bridgehead atoms. The summed E-state index contributed by atoms with van der Waals surface area (Å²) in [6.45, 7) is 5.16. The molecule has 2 saturated carbocycles. The van der Waals surface area contributed by atoms with E-state index in [-0.39, 0.29) is 0 Å². The number of hydrogen-bond donors (Lipinski definition) is 1. The lowest BCUT2D eigenvalue weighted by atomic mass is 9.84. The van der Waals surface area contributed by atoms with E-state index >= 15 is 0 Å². The van der Waals surface area contributed by atoms with E-state index in [9.17, 15) is 0 Å². The summed E-state index contributed by atoms with van der Waals surface area (Å²) in [4.78, 5) is 2.82. The molecule has 3 aliphatic rings. The van der Waals surface area contributed by atoms with Crippen molar-refractivity contribution in [3.63, 3.8) is 0 Å². The van der Waals surface area contributed by atoms with Gasteiger partial charge in [-0.15, -0.1) is 0 Å². The van der Waals surface area contributed by atoms with Gasteiger partial charge in [-0.1, -0.05) is 26.2 Å². The molecule has 1 saturated heterocycles. The zero-order chi connectivity index (χ0) is 14.7. The molecular weight excluding hydrogens is 276 g/mol. The first kappa shape index (κ1) is 16.1. The van der Waals surface area contributed by atoms with Crippen LogP contribution in [0.15, 0.2) is 0 Å². The van der Waals surface area contributed by atoms with Crippen LogP contribution in [-0.4, -0.2) is 47.6 Å². The minimum atomic E-state index is 0.790. The van der Waals surface area contributed by atoms with Gasteiger partial charge in [0, 0.05) is 23.4 Å². The van der Waals surface area contributed by atoms with E-state index in [1.54, 1.807) is 0 Å². The Balaban J connectivity index is 1.44. The topological polar surface area (TPSA) is 15.3 Å². The Hall–Kier alpha value is 0.270. The second-order valence-electron chi connectivity index (χ2n) is 7.62. The Morgan fingerprint density at radius 1 is 0.905 bits per heavy atom. The average molecular weight is 311 g/mol. The zero-order valence-corrected chi connectivity index (χ0v) is 14.8. The van der Waals surface area contributed by atoms with Crippen molar-refractivity contribution in [3.05, 3.63) is 0 Å². The fourth-order valence-electron chi connectivity index (χ4n) is 4.94. The molecule has 4 atom stereocenters. The highest BCUT2D eigenvalue weighted by molar-refractivity contribution is 7.99. The predicted octanol–water partition coefficient (Wildman–Crippen LogP) is 3.90. The molecule has 0 spiro atoms. The van der Waals surface area contributed by atoms with Crippen LogP contribution in [0.3, 0.4) is 0 Å². The third-order valence-corrected chi connectivity index (χ3v) is 7.44. The highest BCUT2D eigenvalue weighted by atomic mass is 32.2. The van der Waals surface area contributed by atoms with Crippen molar-refractivity contribution < 1.29 is 0 Å². The van der Waals surface area contributed by atoms with Gasteiger partial charge >= 0.3 is 0 Å². The first-order valence-corrected chi connectivity index (χ1v) is 10.6. The summed E-state index contributed by atoms with van der Waals surface area (Å²) in [6, 6.07) is 2.48. The van der Waals surface area contributed by atoms with Crippen LogP contribution in [0, 0.1) is 5.92 Å². The molecule has 3 rings (SSSR count). The molecule has 1 aliphatic heterocycles. The van der Waals surface area contributed by atoms with Gasteiger partial charge in [0.25, 0.3) is 0 Å². The quantitative estimate of drug-likeness (QED) is 0.848. The first-order valence-electron chi connectivity index (χ1n) is 9.31. The third-order valence-electron chi connectivity index (χ3n) is 6.27. The van der Waals surface area contributed by atoms with E-state index in [4.69, 9.17) is 0 Å². The zero-order valence-electron chi connectivity index (χ0n) is 14.0. The molecule has 0 aromatic heterocycles. The molecular formula is C18H34N2S. The lowest BCUT2D eigenvalue weighted by molar-refractivity contribution is 0.0799. The highest BCUT2D eigenvalue weighted by Gasteiger charge is 2.32. The molecule has 2 nitrogen and oxygen atoms in total. The number of piperidine rings is 1. The van der Waals surface area contributed by atoms with E-state index in [2.05, 4.69) is 35.2 Å².